The molecule has 0 fully saturated rings. The summed E-state index contributed by atoms with van der Waals surface area (Å²) in [6.07, 6.45) is 0.580. The molecule has 1 radical (unpaired) electrons. The van der Waals surface area contributed by atoms with Crippen molar-refractivity contribution in [1.82, 2.24) is 0 Å². The fraction of sp³-hybridized carbons (Fsp3) is 0.0909. The maximum atomic E-state index is 9.16. The predicted octanol–water partition coefficient (Wildman–Crippen LogP) is 8.28. The summed E-state index contributed by atoms with van der Waals surface area (Å²) >= 11 is 0. The van der Waals surface area contributed by atoms with Crippen LogP contribution in [0.25, 0.3) is 11.1 Å². The maximum absolute atomic E-state index is 9.16. The Bertz CT molecular complexity index is 1320. The van der Waals surface area contributed by atoms with E-state index in [0.29, 0.717) is 13.0 Å². The van der Waals surface area contributed by atoms with Crippen molar-refractivity contribution >= 4 is 28.4 Å². The van der Waals surface area contributed by atoms with Gasteiger partial charge in [0.25, 0.3) is 0 Å². The third kappa shape index (κ3) is 6.92. The Morgan fingerprint density at radius 3 is 1.29 bits per heavy atom. The first-order valence-corrected chi connectivity index (χ1v) is 12.5. The first-order chi connectivity index (χ1) is 18.3. The van der Waals surface area contributed by atoms with Crippen LogP contribution in [0.1, 0.15) is 6.42 Å². The van der Waals surface area contributed by atoms with E-state index in [-0.39, 0.29) is 50.7 Å². The van der Waals surface area contributed by atoms with E-state index in [1.807, 2.05) is 47.5 Å². The average molecular weight is 714 g/mol. The van der Waals surface area contributed by atoms with Gasteiger partial charge in [0.05, 0.1) is 18.0 Å². The van der Waals surface area contributed by atoms with Crippen molar-refractivity contribution in [2.24, 2.45) is 0 Å². The van der Waals surface area contributed by atoms with Crippen molar-refractivity contribution in [1.29, 1.82) is 0 Å². The summed E-state index contributed by atoms with van der Waals surface area (Å²) in [5.74, 6) is 0. The molecule has 0 unspecified atom stereocenters. The van der Waals surface area contributed by atoms with Crippen LogP contribution in [0.4, 0.5) is 28.4 Å². The zero-order chi connectivity index (χ0) is 25.3. The summed E-state index contributed by atoms with van der Waals surface area (Å²) in [6, 6.07) is 47.8. The fourth-order valence-corrected chi connectivity index (χ4v) is 4.28. The fourth-order valence-electron chi connectivity index (χ4n) is 4.28. The van der Waals surface area contributed by atoms with E-state index in [0.717, 1.165) is 39.6 Å². The molecule has 5 aromatic carbocycles. The Kier molecular flexibility index (Phi) is 10.6. The summed E-state index contributed by atoms with van der Waals surface area (Å²) in [5, 5.41) is 11.0. The molecule has 0 aromatic heterocycles. The van der Waals surface area contributed by atoms with E-state index in [9.17, 15) is 0 Å². The largest absolute Gasteiger partial charge is 0.396 e. The number of anilines is 5. The zero-order valence-corrected chi connectivity index (χ0v) is 26.0. The second kappa shape index (κ2) is 14.3. The topological polar surface area (TPSA) is 35.9 Å². The molecule has 0 spiro atoms. The number of benzene rings is 5. The molecule has 187 valence electrons. The number of rotatable bonds is 10. The molecule has 0 heterocycles. The van der Waals surface area contributed by atoms with Gasteiger partial charge in [-0.25, -0.2) is 5.06 Å². The van der Waals surface area contributed by atoms with Gasteiger partial charge in [-0.3, -0.25) is 4.84 Å². The average Bonchev–Trinajstić information content (AvgIpc) is 2.98. The minimum Gasteiger partial charge on any atom is -0.396 e. The Balaban J connectivity index is 0.00000336. The third-order valence-corrected chi connectivity index (χ3v) is 6.10. The van der Waals surface area contributed by atoms with Gasteiger partial charge in [0.15, 0.2) is 0 Å². The van der Waals surface area contributed by atoms with Gasteiger partial charge in [-0.15, -0.1) is 0 Å². The van der Waals surface area contributed by atoms with E-state index in [1.54, 1.807) is 0 Å². The third-order valence-electron chi connectivity index (χ3n) is 6.10. The zero-order valence-electron chi connectivity index (χ0n) is 21.2. The predicted molar refractivity (Wildman–Crippen MR) is 153 cm³/mol. The van der Waals surface area contributed by atoms with Crippen LogP contribution in [0.15, 0.2) is 140 Å². The molecule has 5 heteroatoms. The van der Waals surface area contributed by atoms with Gasteiger partial charge in [-0.2, -0.15) is 0 Å². The van der Waals surface area contributed by atoms with Gasteiger partial charge >= 0.3 is 0 Å². The van der Waals surface area contributed by atoms with Crippen molar-refractivity contribution in [3.05, 3.63) is 140 Å². The second-order valence-corrected chi connectivity index (χ2v) is 8.64. The van der Waals surface area contributed by atoms with Crippen molar-refractivity contribution in [2.45, 2.75) is 6.42 Å². The second-order valence-electron chi connectivity index (χ2n) is 8.64. The number of aliphatic hydroxyl groups is 1. The van der Waals surface area contributed by atoms with Crippen LogP contribution in [0.2, 0.25) is 0 Å². The number of hydrogen-bond acceptors (Lipinski definition) is 4. The van der Waals surface area contributed by atoms with E-state index in [2.05, 4.69) is 102 Å². The molecule has 0 saturated heterocycles. The standard InChI is InChI=1S/C33H30N2O2.Ac/c36-25-10-26-37-35(32-15-8-3-9-16-32)33-23-19-28(20-24-33)27-17-21-31(22-18-27)34(29-11-4-1-5-12-29)30-13-6-2-7-14-30;/h1-9,11-24,36H,10,25-26H2;. The van der Waals surface area contributed by atoms with Gasteiger partial charge in [-0.1, -0.05) is 78.9 Å². The minimum absolute atomic E-state index is 0. The van der Waals surface area contributed by atoms with Gasteiger partial charge in [-0.05, 0) is 78.2 Å². The van der Waals surface area contributed by atoms with Crippen molar-refractivity contribution < 1.29 is 54.0 Å². The van der Waals surface area contributed by atoms with E-state index in [4.69, 9.17) is 9.94 Å². The Hall–Kier alpha value is -2.94. The van der Waals surface area contributed by atoms with Gasteiger partial charge in [0.2, 0.25) is 0 Å². The van der Waals surface area contributed by atoms with Gasteiger partial charge in [0, 0.05) is 67.7 Å². The molecule has 0 aliphatic heterocycles. The number of nitrogens with zero attached hydrogens (tertiary/aromatic N) is 2. The molecule has 0 saturated carbocycles. The van der Waals surface area contributed by atoms with Crippen LogP contribution < -0.4 is 9.96 Å². The van der Waals surface area contributed by atoms with Crippen molar-refractivity contribution in [2.75, 3.05) is 23.2 Å². The number of aliphatic hydroxyl groups excluding tert-OH is 1. The van der Waals surface area contributed by atoms with Crippen LogP contribution in [-0.4, -0.2) is 18.3 Å². The number of para-hydroxylation sites is 3. The maximum Gasteiger partial charge on any atom is 0.0775 e. The summed E-state index contributed by atoms with van der Waals surface area (Å²) in [4.78, 5) is 8.25. The van der Waals surface area contributed by atoms with E-state index >= 15 is 0 Å². The van der Waals surface area contributed by atoms with Crippen LogP contribution >= 0.6 is 0 Å². The minimum atomic E-state index is 0. The Morgan fingerprint density at radius 2 is 0.842 bits per heavy atom. The van der Waals surface area contributed by atoms with Crippen LogP contribution in [-0.2, 0) is 4.84 Å². The van der Waals surface area contributed by atoms with Crippen LogP contribution in [0.3, 0.4) is 0 Å². The molecule has 0 bridgehead atoms. The molecule has 0 aliphatic carbocycles. The molecule has 0 aliphatic rings. The van der Waals surface area contributed by atoms with Crippen LogP contribution in [0, 0.1) is 44.1 Å². The van der Waals surface area contributed by atoms with E-state index < -0.39 is 0 Å². The molecule has 0 atom stereocenters. The number of hydrogen-bond donors (Lipinski definition) is 1. The summed E-state index contributed by atoms with van der Waals surface area (Å²) < 4.78 is 0. The molecule has 38 heavy (non-hydrogen) atoms. The molecule has 4 nitrogen and oxygen atoms in total. The monoisotopic (exact) mass is 713 g/mol. The SMILES string of the molecule is OCCCON(c1ccccc1)c1ccc(-c2ccc(N(c3ccccc3)c3ccccc3)cc2)cc1.[Ac]. The molecule has 5 aromatic rings. The Labute approximate surface area is 260 Å². The summed E-state index contributed by atoms with van der Waals surface area (Å²) in [5.41, 5.74) is 7.49. The molecule has 5 rings (SSSR count). The first-order valence-electron chi connectivity index (χ1n) is 12.5. The quantitative estimate of drug-likeness (QED) is 0.117. The smallest absolute Gasteiger partial charge is 0.0775 e. The normalized spacial score (nSPS) is 10.4. The summed E-state index contributed by atoms with van der Waals surface area (Å²) in [6.45, 7) is 0.539. The molecular weight excluding hydrogens is 683 g/mol. The van der Waals surface area contributed by atoms with Gasteiger partial charge < -0.3 is 10.0 Å². The first kappa shape index (κ1) is 28.1. The summed E-state index contributed by atoms with van der Waals surface area (Å²) in [7, 11) is 0. The molecular formula is C33H30AcN2O2. The van der Waals surface area contributed by atoms with Crippen LogP contribution in [0.5, 0.6) is 0 Å². The molecule has 0 amide bonds. The Morgan fingerprint density at radius 1 is 0.474 bits per heavy atom. The van der Waals surface area contributed by atoms with Gasteiger partial charge in [0.1, 0.15) is 0 Å². The molecule has 1 N–H and O–H groups in total. The van der Waals surface area contributed by atoms with Crippen molar-refractivity contribution in [3.63, 3.8) is 0 Å². The van der Waals surface area contributed by atoms with E-state index in [1.165, 1.54) is 0 Å². The van der Waals surface area contributed by atoms with Crippen molar-refractivity contribution in [3.8, 4) is 11.1 Å².